The van der Waals surface area contributed by atoms with E-state index in [0.717, 1.165) is 25.7 Å². The Labute approximate surface area is 150 Å². The number of thiazole rings is 1. The van der Waals surface area contributed by atoms with Gasteiger partial charge in [0.15, 0.2) is 4.34 Å². The fraction of sp³-hybridized carbons (Fsp3) is 0.235. The molecule has 0 bridgehead atoms. The van der Waals surface area contributed by atoms with E-state index in [0.29, 0.717) is 12.2 Å². The minimum Gasteiger partial charge on any atom is -0.230 e. The maximum atomic E-state index is 12.0. The number of nitrogens with two attached hydrogens (primary N) is 1. The number of para-hydroxylation sites is 1. The molecule has 0 saturated heterocycles. The smallest absolute Gasteiger partial charge is 0.216 e. The zero-order chi connectivity index (χ0) is 17.2. The van der Waals surface area contributed by atoms with Crippen LogP contribution >= 0.6 is 23.1 Å². The topological polar surface area (TPSA) is 73.0 Å². The number of nitrogens with zero attached hydrogens (tertiary/aromatic N) is 1. The summed E-state index contributed by atoms with van der Waals surface area (Å²) in [5.74, 6) is 0.648. The Morgan fingerprint density at radius 2 is 1.88 bits per heavy atom. The van der Waals surface area contributed by atoms with E-state index in [9.17, 15) is 8.42 Å². The second-order valence-electron chi connectivity index (χ2n) is 5.57. The second kappa shape index (κ2) is 7.23. The lowest BCUT2D eigenvalue weighted by atomic mass is 10.1. The van der Waals surface area contributed by atoms with Crippen LogP contribution in [-0.4, -0.2) is 19.2 Å². The van der Waals surface area contributed by atoms with E-state index in [1.807, 2.05) is 55.5 Å². The van der Waals surface area contributed by atoms with Crippen LogP contribution in [-0.2, 0) is 10.0 Å². The zero-order valence-corrected chi connectivity index (χ0v) is 15.6. The molecule has 24 heavy (non-hydrogen) atoms. The van der Waals surface area contributed by atoms with Gasteiger partial charge in [-0.1, -0.05) is 53.7 Å². The van der Waals surface area contributed by atoms with E-state index in [1.165, 1.54) is 0 Å². The van der Waals surface area contributed by atoms with E-state index < -0.39 is 15.3 Å². The van der Waals surface area contributed by atoms with Crippen LogP contribution in [0.4, 0.5) is 0 Å². The molecular weight excluding hydrogens is 360 g/mol. The van der Waals surface area contributed by atoms with Gasteiger partial charge in [0.2, 0.25) is 10.0 Å². The first-order chi connectivity index (χ1) is 11.4. The van der Waals surface area contributed by atoms with Crippen LogP contribution in [0.15, 0.2) is 52.9 Å². The first kappa shape index (κ1) is 17.4. The Hall–Kier alpha value is -1.41. The maximum Gasteiger partial charge on any atom is 0.216 e. The summed E-state index contributed by atoms with van der Waals surface area (Å²) < 4.78 is 26.0. The van der Waals surface area contributed by atoms with E-state index >= 15 is 0 Å². The Kier molecular flexibility index (Phi) is 5.24. The summed E-state index contributed by atoms with van der Waals surface area (Å²) in [5, 5.41) is 4.76. The van der Waals surface area contributed by atoms with Crippen molar-refractivity contribution in [3.8, 4) is 0 Å². The molecular formula is C17H18N2O2S3. The summed E-state index contributed by atoms with van der Waals surface area (Å²) in [6.45, 7) is 1.97. The standard InChI is InChI=1S/C17H18N2O2S3/c1-12-6-8-13(9-7-12)16(24(18,20)21)10-11-22-17-19-14-4-2-3-5-15(14)23-17/h2-9,16H,10-11H2,1H3,(H2,18,20,21). The zero-order valence-electron chi connectivity index (χ0n) is 13.2. The van der Waals surface area contributed by atoms with Gasteiger partial charge < -0.3 is 0 Å². The fourth-order valence-corrected chi connectivity index (χ4v) is 5.74. The Bertz CT molecular complexity index is 901. The molecule has 0 aliphatic heterocycles. The van der Waals surface area contributed by atoms with Crippen molar-refractivity contribution in [2.75, 3.05) is 5.75 Å². The number of hydrogen-bond donors (Lipinski definition) is 1. The van der Waals surface area contributed by atoms with Gasteiger partial charge >= 0.3 is 0 Å². The number of aromatic nitrogens is 1. The number of benzene rings is 2. The lowest BCUT2D eigenvalue weighted by molar-refractivity contribution is 0.581. The molecule has 1 heterocycles. The summed E-state index contributed by atoms with van der Waals surface area (Å²) in [7, 11) is -3.64. The van der Waals surface area contributed by atoms with E-state index in [-0.39, 0.29) is 0 Å². The van der Waals surface area contributed by atoms with Crippen LogP contribution < -0.4 is 5.14 Å². The minimum atomic E-state index is -3.64. The molecule has 126 valence electrons. The van der Waals surface area contributed by atoms with E-state index in [1.54, 1.807) is 23.1 Å². The second-order valence-corrected chi connectivity index (χ2v) is 9.69. The van der Waals surface area contributed by atoms with Crippen LogP contribution in [0.5, 0.6) is 0 Å². The molecule has 3 rings (SSSR count). The third kappa shape index (κ3) is 4.16. The summed E-state index contributed by atoms with van der Waals surface area (Å²) in [6.07, 6.45) is 0.461. The van der Waals surface area contributed by atoms with Crippen LogP contribution in [0.25, 0.3) is 10.2 Å². The monoisotopic (exact) mass is 378 g/mol. The lowest BCUT2D eigenvalue weighted by Crippen LogP contribution is -2.22. The van der Waals surface area contributed by atoms with Crippen molar-refractivity contribution >= 4 is 43.3 Å². The largest absolute Gasteiger partial charge is 0.230 e. The molecule has 3 aromatic rings. The van der Waals surface area contributed by atoms with Gasteiger partial charge in [0.05, 0.1) is 10.2 Å². The Morgan fingerprint density at radius 1 is 1.17 bits per heavy atom. The molecule has 2 aromatic carbocycles. The van der Waals surface area contributed by atoms with Crippen LogP contribution in [0.2, 0.25) is 0 Å². The fourth-order valence-electron chi connectivity index (χ4n) is 2.47. The molecule has 1 atom stereocenters. The van der Waals surface area contributed by atoms with Gasteiger partial charge in [-0.2, -0.15) is 0 Å². The lowest BCUT2D eigenvalue weighted by Gasteiger charge is -2.15. The first-order valence-electron chi connectivity index (χ1n) is 7.50. The highest BCUT2D eigenvalue weighted by atomic mass is 32.2. The highest BCUT2D eigenvalue weighted by Gasteiger charge is 2.23. The highest BCUT2D eigenvalue weighted by molar-refractivity contribution is 8.01. The van der Waals surface area contributed by atoms with Crippen molar-refractivity contribution in [3.05, 3.63) is 59.7 Å². The van der Waals surface area contributed by atoms with Crippen molar-refractivity contribution in [1.82, 2.24) is 4.98 Å². The predicted octanol–water partition coefficient (Wildman–Crippen LogP) is 4.12. The predicted molar refractivity (Wildman–Crippen MR) is 102 cm³/mol. The molecule has 0 saturated carbocycles. The third-order valence-electron chi connectivity index (χ3n) is 3.73. The van der Waals surface area contributed by atoms with Gasteiger partial charge in [-0.25, -0.2) is 18.5 Å². The number of sulfonamides is 1. The highest BCUT2D eigenvalue weighted by Crippen LogP contribution is 2.32. The summed E-state index contributed by atoms with van der Waals surface area (Å²) in [5.41, 5.74) is 2.82. The quantitative estimate of drug-likeness (QED) is 0.655. The number of hydrogen-bond acceptors (Lipinski definition) is 5. The SMILES string of the molecule is Cc1ccc(C(CCSc2nc3ccccc3s2)S(N)(=O)=O)cc1. The molecule has 1 unspecified atom stereocenters. The first-order valence-corrected chi connectivity index (χ1v) is 10.9. The van der Waals surface area contributed by atoms with Crippen molar-refractivity contribution in [2.24, 2.45) is 5.14 Å². The molecule has 0 aliphatic carbocycles. The van der Waals surface area contributed by atoms with E-state index in [2.05, 4.69) is 4.98 Å². The molecule has 4 nitrogen and oxygen atoms in total. The van der Waals surface area contributed by atoms with Crippen LogP contribution in [0, 0.1) is 6.92 Å². The Morgan fingerprint density at radius 3 is 2.54 bits per heavy atom. The number of rotatable bonds is 6. The van der Waals surface area contributed by atoms with Gasteiger partial charge in [0, 0.05) is 5.75 Å². The molecule has 0 spiro atoms. The molecule has 0 fully saturated rings. The van der Waals surface area contributed by atoms with E-state index in [4.69, 9.17) is 5.14 Å². The summed E-state index contributed by atoms with van der Waals surface area (Å²) in [4.78, 5) is 4.56. The average molecular weight is 379 g/mol. The van der Waals surface area contributed by atoms with Gasteiger partial charge in [0.25, 0.3) is 0 Å². The molecule has 7 heteroatoms. The maximum absolute atomic E-state index is 12.0. The summed E-state index contributed by atoms with van der Waals surface area (Å²) in [6, 6.07) is 15.5. The van der Waals surface area contributed by atoms with Crippen molar-refractivity contribution in [3.63, 3.8) is 0 Å². The van der Waals surface area contributed by atoms with Gasteiger partial charge in [-0.3, -0.25) is 0 Å². The van der Waals surface area contributed by atoms with Crippen LogP contribution in [0.3, 0.4) is 0 Å². The summed E-state index contributed by atoms with van der Waals surface area (Å²) >= 11 is 3.20. The van der Waals surface area contributed by atoms with Gasteiger partial charge in [0.1, 0.15) is 5.25 Å². The Balaban J connectivity index is 1.70. The molecule has 0 radical (unpaired) electrons. The number of primary sulfonamides is 1. The molecule has 0 amide bonds. The minimum absolute atomic E-state index is 0.461. The molecule has 1 aromatic heterocycles. The molecule has 2 N–H and O–H groups in total. The van der Waals surface area contributed by atoms with Crippen molar-refractivity contribution < 1.29 is 8.42 Å². The third-order valence-corrected chi connectivity index (χ3v) is 7.24. The normalized spacial score (nSPS) is 13.2. The number of aryl methyl sites for hydroxylation is 1. The van der Waals surface area contributed by atoms with Crippen molar-refractivity contribution in [2.45, 2.75) is 22.9 Å². The van der Waals surface area contributed by atoms with Gasteiger partial charge in [-0.05, 0) is 31.0 Å². The van der Waals surface area contributed by atoms with Gasteiger partial charge in [-0.15, -0.1) is 11.3 Å². The van der Waals surface area contributed by atoms with Crippen LogP contribution in [0.1, 0.15) is 22.8 Å². The number of thioether (sulfide) groups is 1. The average Bonchev–Trinajstić information content (AvgIpc) is 2.94. The molecule has 0 aliphatic rings. The number of fused-ring (bicyclic) bond motifs is 1. The van der Waals surface area contributed by atoms with Crippen molar-refractivity contribution in [1.29, 1.82) is 0 Å².